The smallest absolute Gasteiger partial charge is 0.266 e. The Morgan fingerprint density at radius 3 is 2.52 bits per heavy atom. The molecule has 4 aliphatic carbocycles. The number of hydrogen-bond donors (Lipinski definition) is 1. The molecule has 0 radical (unpaired) electrons. The van der Waals surface area contributed by atoms with Crippen LogP contribution in [-0.4, -0.2) is 33.1 Å². The van der Waals surface area contributed by atoms with Crippen LogP contribution in [0.1, 0.15) is 43.4 Å². The Kier molecular flexibility index (Phi) is 4.44. The summed E-state index contributed by atoms with van der Waals surface area (Å²) in [5, 5.41) is 5.31. The lowest BCUT2D eigenvalue weighted by atomic mass is 9.53. The van der Waals surface area contributed by atoms with E-state index in [0.717, 1.165) is 41.9 Å². The maximum atomic E-state index is 12.8. The largest absolute Gasteiger partial charge is 0.349 e. The van der Waals surface area contributed by atoms with Gasteiger partial charge in [-0.3, -0.25) is 14.5 Å². The molecule has 0 spiro atoms. The predicted molar refractivity (Wildman–Crippen MR) is 113 cm³/mol. The van der Waals surface area contributed by atoms with Crippen LogP contribution < -0.4 is 5.32 Å². The first kappa shape index (κ1) is 17.9. The average molecular weight is 419 g/mol. The van der Waals surface area contributed by atoms with Gasteiger partial charge < -0.3 is 5.32 Å². The number of rotatable bonds is 4. The third kappa shape index (κ3) is 3.38. The molecule has 4 bridgehead atoms. The highest BCUT2D eigenvalue weighted by Gasteiger charge is 2.51. The van der Waals surface area contributed by atoms with E-state index in [9.17, 15) is 9.59 Å². The minimum Gasteiger partial charge on any atom is -0.349 e. The summed E-state index contributed by atoms with van der Waals surface area (Å²) in [6.07, 6.45) is 9.23. The first-order valence-corrected chi connectivity index (χ1v) is 11.7. The molecule has 6 rings (SSSR count). The second-order valence-corrected chi connectivity index (χ2v) is 11.2. The van der Waals surface area contributed by atoms with Crippen molar-refractivity contribution in [3.05, 3.63) is 27.3 Å². The third-order valence-corrected chi connectivity index (χ3v) is 8.63. The van der Waals surface area contributed by atoms with Crippen LogP contribution in [-0.2, 0) is 9.59 Å². The van der Waals surface area contributed by atoms with Crippen molar-refractivity contribution < 1.29 is 9.59 Å². The summed E-state index contributed by atoms with van der Waals surface area (Å²) in [7, 11) is 0. The van der Waals surface area contributed by atoms with E-state index in [4.69, 9.17) is 12.2 Å². The number of nitrogens with zero attached hydrogens (tertiary/aromatic N) is 1. The first-order chi connectivity index (χ1) is 13.0. The standard InChI is InChI=1S/C20H22N2O2S3/c23-17(21-20-8-12-4-13(9-20)6-14(5-12)10-20)11-22-18(24)16(27-19(22)25)7-15-2-1-3-26-15/h1-3,7,12-14H,4-6,8-11H2,(H,21,23). The summed E-state index contributed by atoms with van der Waals surface area (Å²) < 4.78 is 0.475. The van der Waals surface area contributed by atoms with Crippen molar-refractivity contribution in [3.8, 4) is 0 Å². The van der Waals surface area contributed by atoms with Crippen molar-refractivity contribution >= 4 is 57.5 Å². The van der Waals surface area contributed by atoms with Gasteiger partial charge in [-0.25, -0.2) is 0 Å². The van der Waals surface area contributed by atoms with Gasteiger partial charge in [-0.2, -0.15) is 0 Å². The Labute approximate surface area is 172 Å². The van der Waals surface area contributed by atoms with Crippen molar-refractivity contribution in [2.75, 3.05) is 6.54 Å². The van der Waals surface area contributed by atoms with Crippen LogP contribution in [0.15, 0.2) is 22.4 Å². The van der Waals surface area contributed by atoms with Crippen LogP contribution in [0.25, 0.3) is 6.08 Å². The van der Waals surface area contributed by atoms with Gasteiger partial charge in [0.15, 0.2) is 0 Å². The summed E-state index contributed by atoms with van der Waals surface area (Å²) in [6, 6.07) is 3.92. The fourth-order valence-electron chi connectivity index (χ4n) is 5.88. The normalized spacial score (nSPS) is 36.1. The third-order valence-electron chi connectivity index (χ3n) is 6.43. The second kappa shape index (κ2) is 6.71. The molecule has 27 heavy (non-hydrogen) atoms. The summed E-state index contributed by atoms with van der Waals surface area (Å²) in [5.74, 6) is 2.12. The number of carbonyl (C=O) groups is 2. The Hall–Kier alpha value is -1.18. The zero-order valence-corrected chi connectivity index (χ0v) is 17.4. The fraction of sp³-hybridized carbons (Fsp3) is 0.550. The maximum Gasteiger partial charge on any atom is 0.266 e. The molecule has 0 atom stereocenters. The van der Waals surface area contributed by atoms with Crippen LogP contribution in [0.5, 0.6) is 0 Å². The SMILES string of the molecule is O=C(CN1C(=O)C(=Cc2cccs2)SC1=S)NC12CC3CC(CC(C3)C1)C2. The molecule has 142 valence electrons. The number of hydrogen-bond acceptors (Lipinski definition) is 5. The van der Waals surface area contributed by atoms with Crippen LogP contribution in [0, 0.1) is 17.8 Å². The molecule has 2 heterocycles. The molecule has 0 aromatic carbocycles. The van der Waals surface area contributed by atoms with Gasteiger partial charge in [0, 0.05) is 10.4 Å². The number of thioether (sulfide) groups is 1. The van der Waals surface area contributed by atoms with Crippen LogP contribution in [0.3, 0.4) is 0 Å². The Balaban J connectivity index is 1.26. The zero-order valence-electron chi connectivity index (χ0n) is 15.0. The molecule has 5 aliphatic rings. The van der Waals surface area contributed by atoms with Crippen molar-refractivity contribution in [2.45, 2.75) is 44.1 Å². The maximum absolute atomic E-state index is 12.8. The molecular formula is C20H22N2O2S3. The number of carbonyl (C=O) groups excluding carboxylic acids is 2. The Bertz CT molecular complexity index is 795. The number of amides is 2. The Morgan fingerprint density at radius 1 is 1.26 bits per heavy atom. The van der Waals surface area contributed by atoms with E-state index in [1.54, 1.807) is 11.3 Å². The highest BCUT2D eigenvalue weighted by atomic mass is 32.2. The zero-order chi connectivity index (χ0) is 18.6. The minimum atomic E-state index is -0.154. The summed E-state index contributed by atoms with van der Waals surface area (Å²) >= 11 is 8.24. The highest BCUT2D eigenvalue weighted by Crippen LogP contribution is 2.55. The molecule has 5 fully saturated rings. The van der Waals surface area contributed by atoms with E-state index in [1.807, 2.05) is 23.6 Å². The molecular weight excluding hydrogens is 396 g/mol. The Morgan fingerprint density at radius 2 is 1.93 bits per heavy atom. The first-order valence-electron chi connectivity index (χ1n) is 9.60. The topological polar surface area (TPSA) is 49.4 Å². The number of nitrogens with one attached hydrogen (secondary N) is 1. The molecule has 1 aromatic rings. The summed E-state index contributed by atoms with van der Waals surface area (Å²) in [6.45, 7) is 0.0359. The van der Waals surface area contributed by atoms with Gasteiger partial charge in [0.1, 0.15) is 10.9 Å². The van der Waals surface area contributed by atoms with Crippen molar-refractivity contribution in [1.29, 1.82) is 0 Å². The molecule has 2 amide bonds. The lowest BCUT2D eigenvalue weighted by Crippen LogP contribution is -2.61. The van der Waals surface area contributed by atoms with Gasteiger partial charge in [0.05, 0.1) is 4.91 Å². The molecule has 0 unspecified atom stereocenters. The van der Waals surface area contributed by atoms with Crippen LogP contribution in [0.2, 0.25) is 0 Å². The summed E-state index contributed by atoms with van der Waals surface area (Å²) in [4.78, 5) is 28.6. The van der Waals surface area contributed by atoms with E-state index < -0.39 is 0 Å². The van der Waals surface area contributed by atoms with E-state index in [-0.39, 0.29) is 23.9 Å². The average Bonchev–Trinajstić information content (AvgIpc) is 3.17. The van der Waals surface area contributed by atoms with Crippen molar-refractivity contribution in [3.63, 3.8) is 0 Å². The van der Waals surface area contributed by atoms with Crippen LogP contribution in [0.4, 0.5) is 0 Å². The van der Waals surface area contributed by atoms with Gasteiger partial charge >= 0.3 is 0 Å². The quantitative estimate of drug-likeness (QED) is 0.592. The molecule has 1 N–H and O–H groups in total. The number of thiophene rings is 1. The molecule has 4 nitrogen and oxygen atoms in total. The minimum absolute atomic E-state index is 0.0288. The molecule has 1 aromatic heterocycles. The van der Waals surface area contributed by atoms with E-state index in [1.165, 1.54) is 35.9 Å². The van der Waals surface area contributed by atoms with Crippen LogP contribution >= 0.6 is 35.3 Å². The van der Waals surface area contributed by atoms with Crippen molar-refractivity contribution in [2.24, 2.45) is 17.8 Å². The highest BCUT2D eigenvalue weighted by molar-refractivity contribution is 8.26. The second-order valence-electron chi connectivity index (χ2n) is 8.53. The van der Waals surface area contributed by atoms with Gasteiger partial charge in [-0.1, -0.05) is 30.0 Å². The van der Waals surface area contributed by atoms with Gasteiger partial charge in [-0.15, -0.1) is 11.3 Å². The van der Waals surface area contributed by atoms with Gasteiger partial charge in [0.2, 0.25) is 5.91 Å². The van der Waals surface area contributed by atoms with Crippen molar-refractivity contribution in [1.82, 2.24) is 10.2 Å². The number of thiocarbonyl (C=S) groups is 1. The van der Waals surface area contributed by atoms with Gasteiger partial charge in [-0.05, 0) is 73.8 Å². The predicted octanol–water partition coefficient (Wildman–Crippen LogP) is 4.03. The van der Waals surface area contributed by atoms with Gasteiger partial charge in [0.25, 0.3) is 5.91 Å². The molecule has 4 saturated carbocycles. The molecule has 7 heteroatoms. The molecule has 1 aliphatic heterocycles. The van der Waals surface area contributed by atoms with E-state index in [2.05, 4.69) is 5.32 Å². The fourth-order valence-corrected chi connectivity index (χ4v) is 7.86. The van der Waals surface area contributed by atoms with E-state index >= 15 is 0 Å². The lowest BCUT2D eigenvalue weighted by molar-refractivity contribution is -0.132. The molecule has 1 saturated heterocycles. The summed E-state index contributed by atoms with van der Waals surface area (Å²) in [5.41, 5.74) is -0.0288. The lowest BCUT2D eigenvalue weighted by Gasteiger charge is -2.57. The van der Waals surface area contributed by atoms with E-state index in [0.29, 0.717) is 9.23 Å². The monoisotopic (exact) mass is 418 g/mol.